The number of allylic oxidation sites excluding steroid dienone is 2. The monoisotopic (exact) mass is 458 g/mol. The average molecular weight is 459 g/mol. The van der Waals surface area contributed by atoms with Crippen molar-refractivity contribution in [3.8, 4) is 0 Å². The lowest BCUT2D eigenvalue weighted by atomic mass is 9.82. The highest BCUT2D eigenvalue weighted by atomic mass is 16.5. The quantitative estimate of drug-likeness (QED) is 0.404. The van der Waals surface area contributed by atoms with Gasteiger partial charge in [0.2, 0.25) is 11.8 Å². The molecule has 0 aromatic heterocycles. The minimum atomic E-state index is -0.653. The number of aryl methyl sites for hydroxylation is 1. The zero-order valence-electron chi connectivity index (χ0n) is 19.1. The molecule has 5 rings (SSSR count). The number of hydrogen-bond donors (Lipinski definition) is 1. The Morgan fingerprint density at radius 2 is 1.74 bits per heavy atom. The molecule has 3 amide bonds. The third-order valence-corrected chi connectivity index (χ3v) is 7.25. The van der Waals surface area contributed by atoms with Crippen molar-refractivity contribution in [1.82, 2.24) is 0 Å². The van der Waals surface area contributed by atoms with E-state index in [0.29, 0.717) is 11.4 Å². The van der Waals surface area contributed by atoms with Crippen LogP contribution in [0, 0.1) is 23.7 Å². The van der Waals surface area contributed by atoms with Gasteiger partial charge in [0.25, 0.3) is 5.91 Å². The van der Waals surface area contributed by atoms with E-state index in [1.165, 1.54) is 22.6 Å². The number of hydrogen-bond acceptors (Lipinski definition) is 5. The van der Waals surface area contributed by atoms with Crippen molar-refractivity contribution < 1.29 is 23.9 Å². The maximum absolute atomic E-state index is 13.1. The molecule has 1 N–H and O–H groups in total. The van der Waals surface area contributed by atoms with Crippen LogP contribution in [-0.4, -0.2) is 30.3 Å². The van der Waals surface area contributed by atoms with Crippen LogP contribution in [0.15, 0.2) is 60.2 Å². The Bertz CT molecular complexity index is 1220. The minimum Gasteiger partial charge on any atom is -0.452 e. The number of carbonyl (C=O) groups excluding carboxylic acids is 4. The number of anilines is 2. The number of para-hydroxylation sites is 1. The molecule has 1 heterocycles. The van der Waals surface area contributed by atoms with Crippen LogP contribution in [0.1, 0.15) is 36.2 Å². The number of benzene rings is 2. The predicted molar refractivity (Wildman–Crippen MR) is 126 cm³/mol. The number of amides is 3. The summed E-state index contributed by atoms with van der Waals surface area (Å²) < 4.78 is 5.15. The van der Waals surface area contributed by atoms with Crippen LogP contribution in [0.3, 0.4) is 0 Å². The molecule has 1 saturated carbocycles. The van der Waals surface area contributed by atoms with Crippen molar-refractivity contribution in [2.24, 2.45) is 23.7 Å². The fraction of sp³-hybridized carbons (Fsp3) is 0.333. The Labute approximate surface area is 197 Å². The summed E-state index contributed by atoms with van der Waals surface area (Å²) in [7, 11) is 0. The van der Waals surface area contributed by atoms with Gasteiger partial charge in [-0.1, -0.05) is 36.8 Å². The summed E-state index contributed by atoms with van der Waals surface area (Å²) in [6.45, 7) is 3.61. The second-order valence-electron chi connectivity index (χ2n) is 9.16. The molecule has 0 radical (unpaired) electrons. The van der Waals surface area contributed by atoms with Crippen molar-refractivity contribution in [3.63, 3.8) is 0 Å². The van der Waals surface area contributed by atoms with Crippen LogP contribution < -0.4 is 10.2 Å². The maximum Gasteiger partial charge on any atom is 0.338 e. The van der Waals surface area contributed by atoms with Crippen LogP contribution in [0.25, 0.3) is 0 Å². The lowest BCUT2D eigenvalue weighted by Gasteiger charge is -2.19. The summed E-state index contributed by atoms with van der Waals surface area (Å²) in [6.07, 6.45) is 3.79. The lowest BCUT2D eigenvalue weighted by molar-refractivity contribution is -0.123. The van der Waals surface area contributed by atoms with E-state index < -0.39 is 18.5 Å². The number of nitrogens with zero attached hydrogens (tertiary/aromatic N) is 1. The zero-order valence-corrected chi connectivity index (χ0v) is 19.1. The summed E-state index contributed by atoms with van der Waals surface area (Å²) in [4.78, 5) is 52.0. The fourth-order valence-corrected chi connectivity index (χ4v) is 5.63. The second kappa shape index (κ2) is 8.56. The molecule has 7 nitrogen and oxygen atoms in total. The third kappa shape index (κ3) is 3.61. The van der Waals surface area contributed by atoms with Gasteiger partial charge in [-0.05, 0) is 67.5 Å². The number of nitrogens with one attached hydrogen (secondary N) is 1. The van der Waals surface area contributed by atoms with Crippen molar-refractivity contribution in [2.45, 2.75) is 26.7 Å². The second-order valence-corrected chi connectivity index (χ2v) is 9.16. The van der Waals surface area contributed by atoms with E-state index in [4.69, 9.17) is 4.74 Å². The SMILES string of the molecule is CCc1ccccc1NC(=O)COC(=O)c1ccc(N2C(=O)[C@@H]3[C@H](C2=O)[C@@H]2C[C@@H]3C=C2C)cc1. The molecule has 1 saturated heterocycles. The van der Waals surface area contributed by atoms with Gasteiger partial charge in [-0.3, -0.25) is 19.3 Å². The molecule has 7 heteroatoms. The molecular weight excluding hydrogens is 432 g/mol. The highest BCUT2D eigenvalue weighted by molar-refractivity contribution is 6.23. The van der Waals surface area contributed by atoms with E-state index in [-0.39, 0.29) is 41.0 Å². The first-order chi connectivity index (χ1) is 16.4. The Kier molecular flexibility index (Phi) is 5.55. The number of carbonyl (C=O) groups is 4. The molecule has 2 fully saturated rings. The third-order valence-electron chi connectivity index (χ3n) is 7.25. The van der Waals surface area contributed by atoms with Crippen LogP contribution in [0.2, 0.25) is 0 Å². The van der Waals surface area contributed by atoms with Gasteiger partial charge in [0.15, 0.2) is 6.61 Å². The van der Waals surface area contributed by atoms with Gasteiger partial charge in [-0.15, -0.1) is 0 Å². The summed E-state index contributed by atoms with van der Waals surface area (Å²) in [5, 5.41) is 2.76. The minimum absolute atomic E-state index is 0.140. The number of ether oxygens (including phenoxy) is 1. The molecule has 174 valence electrons. The van der Waals surface area contributed by atoms with E-state index in [2.05, 4.69) is 11.4 Å². The van der Waals surface area contributed by atoms with Crippen LogP contribution in [0.5, 0.6) is 0 Å². The van der Waals surface area contributed by atoms with Crippen molar-refractivity contribution in [2.75, 3.05) is 16.8 Å². The van der Waals surface area contributed by atoms with Gasteiger partial charge in [0, 0.05) is 5.69 Å². The zero-order chi connectivity index (χ0) is 24.0. The molecule has 2 aromatic rings. The Balaban J connectivity index is 1.21. The first kappa shape index (κ1) is 22.1. The molecular formula is C27H26N2O5. The summed E-state index contributed by atoms with van der Waals surface area (Å²) in [6, 6.07) is 13.6. The molecule has 2 aliphatic carbocycles. The topological polar surface area (TPSA) is 92.8 Å². The molecule has 34 heavy (non-hydrogen) atoms. The van der Waals surface area contributed by atoms with Crippen LogP contribution >= 0.6 is 0 Å². The number of esters is 1. The van der Waals surface area contributed by atoms with Crippen molar-refractivity contribution >= 4 is 35.1 Å². The number of fused-ring (bicyclic) bond motifs is 5. The van der Waals surface area contributed by atoms with Gasteiger partial charge in [-0.2, -0.15) is 0 Å². The van der Waals surface area contributed by atoms with Gasteiger partial charge >= 0.3 is 5.97 Å². The first-order valence-electron chi connectivity index (χ1n) is 11.6. The van der Waals surface area contributed by atoms with Crippen LogP contribution in [0.4, 0.5) is 11.4 Å². The van der Waals surface area contributed by atoms with Crippen molar-refractivity contribution in [1.29, 1.82) is 0 Å². The van der Waals surface area contributed by atoms with Gasteiger partial charge in [0.1, 0.15) is 0 Å². The standard InChI is InChI=1S/C27H26N2O5/c1-3-16-6-4-5-7-21(16)28-22(30)14-34-27(33)17-8-10-19(11-9-17)29-25(31)23-18-12-15(2)20(13-18)24(23)26(29)32/h4-12,18,20,23-24H,3,13-14H2,1-2H3,(H,28,30)/t18-,20+,23-,24+/m0/s1. The molecule has 2 aromatic carbocycles. The number of rotatable bonds is 6. The molecule has 3 aliphatic rings. The molecule has 0 unspecified atom stereocenters. The molecule has 2 bridgehead atoms. The van der Waals surface area contributed by atoms with Crippen molar-refractivity contribution in [3.05, 3.63) is 71.3 Å². The van der Waals surface area contributed by atoms with E-state index in [1.54, 1.807) is 18.2 Å². The fourth-order valence-electron chi connectivity index (χ4n) is 5.63. The van der Waals surface area contributed by atoms with Gasteiger partial charge in [-0.25, -0.2) is 4.79 Å². The summed E-state index contributed by atoms with van der Waals surface area (Å²) in [5.41, 5.74) is 3.58. The number of imide groups is 1. The summed E-state index contributed by atoms with van der Waals surface area (Å²) in [5.74, 6) is -1.66. The van der Waals surface area contributed by atoms with E-state index in [0.717, 1.165) is 18.4 Å². The smallest absolute Gasteiger partial charge is 0.338 e. The van der Waals surface area contributed by atoms with Gasteiger partial charge < -0.3 is 10.1 Å². The van der Waals surface area contributed by atoms with E-state index >= 15 is 0 Å². The average Bonchev–Trinajstić information content (AvgIpc) is 3.48. The highest BCUT2D eigenvalue weighted by Gasteiger charge is 2.60. The summed E-state index contributed by atoms with van der Waals surface area (Å²) >= 11 is 0. The van der Waals surface area contributed by atoms with Gasteiger partial charge in [0.05, 0.1) is 23.1 Å². The van der Waals surface area contributed by atoms with E-state index in [1.807, 2.05) is 32.0 Å². The first-order valence-corrected chi connectivity index (χ1v) is 11.6. The molecule has 1 aliphatic heterocycles. The Morgan fingerprint density at radius 1 is 1.03 bits per heavy atom. The highest BCUT2D eigenvalue weighted by Crippen LogP contribution is 2.55. The largest absolute Gasteiger partial charge is 0.452 e. The Hall–Kier alpha value is -3.74. The maximum atomic E-state index is 13.1. The normalized spacial score (nSPS) is 24.8. The Morgan fingerprint density at radius 3 is 2.47 bits per heavy atom. The van der Waals surface area contributed by atoms with Crippen LogP contribution in [-0.2, 0) is 25.5 Å². The van der Waals surface area contributed by atoms with E-state index in [9.17, 15) is 19.2 Å². The molecule has 0 spiro atoms. The predicted octanol–water partition coefficient (Wildman–Crippen LogP) is 3.75. The molecule has 4 atom stereocenters. The lowest BCUT2D eigenvalue weighted by Crippen LogP contribution is -2.33.